The van der Waals surface area contributed by atoms with Gasteiger partial charge >= 0.3 is 0 Å². The fourth-order valence-electron chi connectivity index (χ4n) is 2.31. The summed E-state index contributed by atoms with van der Waals surface area (Å²) in [5.41, 5.74) is 1.86. The van der Waals surface area contributed by atoms with Gasteiger partial charge < -0.3 is 10.3 Å². The monoisotopic (exact) mass is 343 g/mol. The van der Waals surface area contributed by atoms with E-state index in [0.717, 1.165) is 21.0 Å². The summed E-state index contributed by atoms with van der Waals surface area (Å²) in [6, 6.07) is 0. The SMILES string of the molecule is Cc1cnc(C(=O)NCCc2nc3sc(C)c(C)c3c(=O)[nH]2)cn1. The number of aromatic amines is 1. The molecule has 8 heteroatoms. The second-order valence-corrected chi connectivity index (χ2v) is 6.73. The molecule has 7 nitrogen and oxygen atoms in total. The predicted molar refractivity (Wildman–Crippen MR) is 92.5 cm³/mol. The molecular weight excluding hydrogens is 326 g/mol. The van der Waals surface area contributed by atoms with Crippen molar-refractivity contribution in [3.8, 4) is 0 Å². The number of nitrogens with zero attached hydrogens (tertiary/aromatic N) is 3. The molecule has 0 spiro atoms. The number of aromatic nitrogens is 4. The van der Waals surface area contributed by atoms with E-state index in [-0.39, 0.29) is 17.2 Å². The number of hydrogen-bond donors (Lipinski definition) is 2. The summed E-state index contributed by atoms with van der Waals surface area (Å²) in [5, 5.41) is 3.40. The molecule has 24 heavy (non-hydrogen) atoms. The van der Waals surface area contributed by atoms with E-state index in [1.54, 1.807) is 13.1 Å². The van der Waals surface area contributed by atoms with E-state index in [4.69, 9.17) is 0 Å². The first-order valence-electron chi connectivity index (χ1n) is 7.51. The zero-order valence-corrected chi connectivity index (χ0v) is 14.5. The molecule has 3 heterocycles. The maximum absolute atomic E-state index is 12.2. The lowest BCUT2D eigenvalue weighted by Gasteiger charge is -2.04. The first kappa shape index (κ1) is 16.3. The molecule has 3 aromatic heterocycles. The van der Waals surface area contributed by atoms with Crippen molar-refractivity contribution in [3.63, 3.8) is 0 Å². The molecule has 124 valence electrons. The Kier molecular flexibility index (Phi) is 4.39. The molecule has 0 saturated heterocycles. The van der Waals surface area contributed by atoms with Crippen LogP contribution in [0.15, 0.2) is 17.2 Å². The number of hydrogen-bond acceptors (Lipinski definition) is 6. The highest BCUT2D eigenvalue weighted by Gasteiger charge is 2.12. The molecule has 0 bridgehead atoms. The second-order valence-electron chi connectivity index (χ2n) is 5.52. The van der Waals surface area contributed by atoms with Crippen molar-refractivity contribution in [2.24, 2.45) is 0 Å². The molecule has 0 aliphatic rings. The lowest BCUT2D eigenvalue weighted by atomic mass is 10.2. The lowest BCUT2D eigenvalue weighted by Crippen LogP contribution is -2.27. The Bertz CT molecular complexity index is 959. The molecule has 3 rings (SSSR count). The minimum Gasteiger partial charge on any atom is -0.350 e. The van der Waals surface area contributed by atoms with Crippen LogP contribution in [0.2, 0.25) is 0 Å². The Morgan fingerprint density at radius 2 is 2.04 bits per heavy atom. The fourth-order valence-corrected chi connectivity index (χ4v) is 3.36. The van der Waals surface area contributed by atoms with Crippen LogP contribution in [0.5, 0.6) is 0 Å². The van der Waals surface area contributed by atoms with Crippen LogP contribution >= 0.6 is 11.3 Å². The second kappa shape index (κ2) is 6.48. The lowest BCUT2D eigenvalue weighted by molar-refractivity contribution is 0.0948. The predicted octanol–water partition coefficient (Wildman–Crippen LogP) is 1.67. The number of rotatable bonds is 4. The molecule has 0 fully saturated rings. The highest BCUT2D eigenvalue weighted by Crippen LogP contribution is 2.25. The van der Waals surface area contributed by atoms with E-state index in [0.29, 0.717) is 24.2 Å². The summed E-state index contributed by atoms with van der Waals surface area (Å²) in [7, 11) is 0. The van der Waals surface area contributed by atoms with Gasteiger partial charge in [0.05, 0.1) is 17.3 Å². The number of nitrogens with one attached hydrogen (secondary N) is 2. The molecule has 0 aliphatic carbocycles. The summed E-state index contributed by atoms with van der Waals surface area (Å²) in [5.74, 6) is 0.262. The third-order valence-corrected chi connectivity index (χ3v) is 4.85. The minimum atomic E-state index is -0.297. The molecular formula is C16H17N5O2S. The van der Waals surface area contributed by atoms with Gasteiger partial charge in [-0.15, -0.1) is 11.3 Å². The number of H-pyrrole nitrogens is 1. The van der Waals surface area contributed by atoms with Gasteiger partial charge in [-0.05, 0) is 26.3 Å². The molecule has 0 radical (unpaired) electrons. The Hall–Kier alpha value is -2.61. The molecule has 0 unspecified atom stereocenters. The van der Waals surface area contributed by atoms with Crippen molar-refractivity contribution >= 4 is 27.5 Å². The van der Waals surface area contributed by atoms with Crippen molar-refractivity contribution in [2.45, 2.75) is 27.2 Å². The molecule has 0 atom stereocenters. The van der Waals surface area contributed by atoms with Gasteiger partial charge in [-0.1, -0.05) is 0 Å². The van der Waals surface area contributed by atoms with Crippen LogP contribution in [-0.2, 0) is 6.42 Å². The number of amides is 1. The number of fused-ring (bicyclic) bond motifs is 1. The zero-order chi connectivity index (χ0) is 17.3. The van der Waals surface area contributed by atoms with Gasteiger partial charge in [0.2, 0.25) is 0 Å². The smallest absolute Gasteiger partial charge is 0.271 e. The summed E-state index contributed by atoms with van der Waals surface area (Å²) in [4.78, 5) is 41.3. The van der Waals surface area contributed by atoms with Gasteiger partial charge in [0, 0.05) is 24.0 Å². The molecule has 1 amide bonds. The van der Waals surface area contributed by atoms with Crippen molar-refractivity contribution in [1.82, 2.24) is 25.3 Å². The molecule has 0 saturated carbocycles. The standard InChI is InChI=1S/C16H17N5O2S/c1-8-6-19-11(7-18-8)14(22)17-5-4-12-20-15(23)13-9(2)10(3)24-16(13)21-12/h6-7H,4-5H2,1-3H3,(H,17,22)(H,20,21,23). The molecule has 2 N–H and O–H groups in total. The average Bonchev–Trinajstić information content (AvgIpc) is 2.83. The van der Waals surface area contributed by atoms with E-state index in [1.165, 1.54) is 17.5 Å². The number of aryl methyl sites for hydroxylation is 3. The van der Waals surface area contributed by atoms with Crippen LogP contribution in [0, 0.1) is 20.8 Å². The van der Waals surface area contributed by atoms with E-state index in [9.17, 15) is 9.59 Å². The average molecular weight is 343 g/mol. The van der Waals surface area contributed by atoms with Crippen LogP contribution in [0.25, 0.3) is 10.2 Å². The number of carbonyl (C=O) groups is 1. The van der Waals surface area contributed by atoms with Crippen LogP contribution in [-0.4, -0.2) is 32.4 Å². The van der Waals surface area contributed by atoms with Gasteiger partial charge in [-0.2, -0.15) is 0 Å². The molecule has 0 aliphatic heterocycles. The third kappa shape index (κ3) is 3.18. The Morgan fingerprint density at radius 3 is 2.75 bits per heavy atom. The number of carbonyl (C=O) groups excluding carboxylic acids is 1. The first-order valence-corrected chi connectivity index (χ1v) is 8.33. The van der Waals surface area contributed by atoms with E-state index < -0.39 is 0 Å². The summed E-state index contributed by atoms with van der Waals surface area (Å²) in [6.45, 7) is 6.06. The van der Waals surface area contributed by atoms with Gasteiger partial charge in [-0.3, -0.25) is 14.6 Å². The Morgan fingerprint density at radius 1 is 1.25 bits per heavy atom. The van der Waals surface area contributed by atoms with Crippen LogP contribution in [0.4, 0.5) is 0 Å². The van der Waals surface area contributed by atoms with E-state index >= 15 is 0 Å². The van der Waals surface area contributed by atoms with Crippen LogP contribution in [0.1, 0.15) is 32.4 Å². The molecule has 0 aromatic carbocycles. The van der Waals surface area contributed by atoms with Crippen molar-refractivity contribution < 1.29 is 4.79 Å². The Labute approximate surface area is 142 Å². The third-order valence-electron chi connectivity index (χ3n) is 3.75. The van der Waals surface area contributed by atoms with Crippen LogP contribution in [0.3, 0.4) is 0 Å². The highest BCUT2D eigenvalue weighted by molar-refractivity contribution is 7.18. The summed E-state index contributed by atoms with van der Waals surface area (Å²) < 4.78 is 0. The van der Waals surface area contributed by atoms with Crippen molar-refractivity contribution in [2.75, 3.05) is 6.54 Å². The number of thiophene rings is 1. The van der Waals surface area contributed by atoms with Crippen molar-refractivity contribution in [1.29, 1.82) is 0 Å². The Balaban J connectivity index is 1.69. The van der Waals surface area contributed by atoms with Crippen LogP contribution < -0.4 is 10.9 Å². The van der Waals surface area contributed by atoms with E-state index in [2.05, 4.69) is 25.3 Å². The summed E-state index contributed by atoms with van der Waals surface area (Å²) in [6.07, 6.45) is 3.42. The van der Waals surface area contributed by atoms with Gasteiger partial charge in [0.1, 0.15) is 16.3 Å². The quantitative estimate of drug-likeness (QED) is 0.750. The zero-order valence-electron chi connectivity index (χ0n) is 13.6. The largest absolute Gasteiger partial charge is 0.350 e. The van der Waals surface area contributed by atoms with Gasteiger partial charge in [0.15, 0.2) is 0 Å². The maximum Gasteiger partial charge on any atom is 0.271 e. The first-order chi connectivity index (χ1) is 11.5. The van der Waals surface area contributed by atoms with E-state index in [1.807, 2.05) is 13.8 Å². The highest BCUT2D eigenvalue weighted by atomic mass is 32.1. The summed E-state index contributed by atoms with van der Waals surface area (Å²) >= 11 is 1.51. The topological polar surface area (TPSA) is 101 Å². The minimum absolute atomic E-state index is 0.132. The molecule has 3 aromatic rings. The maximum atomic E-state index is 12.2. The van der Waals surface area contributed by atoms with Gasteiger partial charge in [0.25, 0.3) is 11.5 Å². The van der Waals surface area contributed by atoms with Gasteiger partial charge in [-0.25, -0.2) is 9.97 Å². The normalized spacial score (nSPS) is 11.0. The van der Waals surface area contributed by atoms with Crippen molar-refractivity contribution in [3.05, 3.63) is 50.4 Å². The fraction of sp³-hybridized carbons (Fsp3) is 0.312.